The highest BCUT2D eigenvalue weighted by molar-refractivity contribution is 5.70. The third kappa shape index (κ3) is 5.75. The number of hydrogen-bond acceptors (Lipinski definition) is 7. The van der Waals surface area contributed by atoms with Crippen LogP contribution >= 0.6 is 0 Å². The number of aryl methyl sites for hydroxylation is 2. The normalized spacial score (nSPS) is 13.6. The lowest BCUT2D eigenvalue weighted by Gasteiger charge is -2.26. The van der Waals surface area contributed by atoms with Crippen LogP contribution in [-0.4, -0.2) is 49.0 Å². The molecule has 0 saturated carbocycles. The van der Waals surface area contributed by atoms with Crippen LogP contribution in [0.3, 0.4) is 0 Å². The van der Waals surface area contributed by atoms with Gasteiger partial charge in [-0.1, -0.05) is 36.4 Å². The summed E-state index contributed by atoms with van der Waals surface area (Å²) >= 11 is 0. The largest absolute Gasteiger partial charge is 0.441 e. The van der Waals surface area contributed by atoms with Gasteiger partial charge in [0.1, 0.15) is 5.82 Å². The molecule has 0 atom stereocenters. The average molecular weight is 526 g/mol. The second kappa shape index (κ2) is 11.4. The van der Waals surface area contributed by atoms with E-state index >= 15 is 0 Å². The van der Waals surface area contributed by atoms with Crippen molar-refractivity contribution in [1.82, 2.24) is 29.5 Å². The smallest absolute Gasteiger partial charge is 0.252 e. The van der Waals surface area contributed by atoms with Crippen molar-refractivity contribution in [2.75, 3.05) is 13.1 Å². The molecule has 0 fully saturated rings. The molecule has 0 bridgehead atoms. The first-order valence-corrected chi connectivity index (χ1v) is 12.5. The molecule has 6 rings (SSSR count). The minimum Gasteiger partial charge on any atom is -0.441 e. The summed E-state index contributed by atoms with van der Waals surface area (Å²) in [5, 5.41) is 4.55. The lowest BCUT2D eigenvalue weighted by atomic mass is 10.0. The van der Waals surface area contributed by atoms with Crippen molar-refractivity contribution in [3.05, 3.63) is 95.5 Å². The fourth-order valence-electron chi connectivity index (χ4n) is 4.66. The molecule has 2 aromatic carbocycles. The third-order valence-corrected chi connectivity index (χ3v) is 6.48. The first-order chi connectivity index (χ1) is 18.9. The predicted octanol–water partition coefficient (Wildman–Crippen LogP) is 4.59. The Balaban J connectivity index is 0.000000983. The van der Waals surface area contributed by atoms with Gasteiger partial charge in [0, 0.05) is 50.1 Å². The summed E-state index contributed by atoms with van der Waals surface area (Å²) in [6.07, 6.45) is 7.16. The van der Waals surface area contributed by atoms with E-state index in [1.54, 1.807) is 23.6 Å². The predicted molar refractivity (Wildman–Crippen MR) is 146 cm³/mol. The Morgan fingerprint density at radius 2 is 1.90 bits per heavy atom. The maximum Gasteiger partial charge on any atom is 0.252 e. The van der Waals surface area contributed by atoms with Gasteiger partial charge in [0.15, 0.2) is 17.5 Å². The van der Waals surface area contributed by atoms with Gasteiger partial charge in [0.2, 0.25) is 6.41 Å². The van der Waals surface area contributed by atoms with Gasteiger partial charge >= 0.3 is 0 Å². The van der Waals surface area contributed by atoms with Crippen molar-refractivity contribution < 1.29 is 13.6 Å². The van der Waals surface area contributed by atoms with Gasteiger partial charge in [0.25, 0.3) is 5.78 Å². The maximum absolute atomic E-state index is 14.8. The molecule has 1 aliphatic rings. The molecule has 9 nitrogen and oxygen atoms in total. The van der Waals surface area contributed by atoms with E-state index in [4.69, 9.17) is 9.21 Å². The average Bonchev–Trinajstić information content (AvgIpc) is 3.52. The van der Waals surface area contributed by atoms with E-state index < -0.39 is 5.82 Å². The van der Waals surface area contributed by atoms with Crippen molar-refractivity contribution >= 4 is 17.8 Å². The Morgan fingerprint density at radius 1 is 1.10 bits per heavy atom. The number of hydrogen-bond donors (Lipinski definition) is 1. The number of amides is 1. The van der Waals surface area contributed by atoms with Gasteiger partial charge in [0.05, 0.1) is 11.3 Å². The molecule has 2 N–H and O–H groups in total. The third-order valence-electron chi connectivity index (χ3n) is 6.48. The Bertz CT molecular complexity index is 1640. The second-order valence-electron chi connectivity index (χ2n) is 9.20. The molecule has 5 aromatic rings. The van der Waals surface area contributed by atoms with Crippen molar-refractivity contribution in [3.8, 4) is 22.7 Å². The van der Waals surface area contributed by atoms with E-state index in [2.05, 4.69) is 61.0 Å². The first-order valence-electron chi connectivity index (χ1n) is 12.5. The summed E-state index contributed by atoms with van der Waals surface area (Å²) in [5.74, 6) is 1.48. The molecule has 0 spiro atoms. The van der Waals surface area contributed by atoms with Crippen LogP contribution in [0, 0.1) is 19.7 Å². The number of nitrogens with zero attached hydrogens (tertiary/aromatic N) is 6. The number of halogens is 1. The van der Waals surface area contributed by atoms with Crippen LogP contribution in [0.15, 0.2) is 71.4 Å². The number of carbonyl (C=O) groups is 1. The number of aromatic nitrogens is 5. The zero-order valence-electron chi connectivity index (χ0n) is 21.7. The van der Waals surface area contributed by atoms with Crippen LogP contribution in [0.2, 0.25) is 0 Å². The number of benzene rings is 2. The molecule has 39 heavy (non-hydrogen) atoms. The van der Waals surface area contributed by atoms with Gasteiger partial charge < -0.3 is 10.2 Å². The van der Waals surface area contributed by atoms with Gasteiger partial charge in [-0.15, -0.1) is 5.10 Å². The van der Waals surface area contributed by atoms with E-state index in [0.29, 0.717) is 23.0 Å². The Kier molecular flexibility index (Phi) is 7.55. The zero-order valence-corrected chi connectivity index (χ0v) is 21.7. The molecule has 4 heterocycles. The highest BCUT2D eigenvalue weighted by Gasteiger charge is 2.18. The maximum atomic E-state index is 14.8. The van der Waals surface area contributed by atoms with Crippen LogP contribution in [-0.2, 0) is 11.3 Å². The molecule has 3 aromatic heterocycles. The van der Waals surface area contributed by atoms with Crippen molar-refractivity contribution in [3.63, 3.8) is 0 Å². The van der Waals surface area contributed by atoms with Crippen LogP contribution in [0.5, 0.6) is 0 Å². The molecule has 0 saturated heterocycles. The summed E-state index contributed by atoms with van der Waals surface area (Å²) in [4.78, 5) is 24.3. The van der Waals surface area contributed by atoms with Crippen LogP contribution in [0.1, 0.15) is 29.1 Å². The molecular weight excluding hydrogens is 497 g/mol. The Morgan fingerprint density at radius 3 is 2.59 bits per heavy atom. The van der Waals surface area contributed by atoms with Gasteiger partial charge in [-0.2, -0.15) is 4.98 Å². The standard InChI is InChI=1S/C28H25FN6O.CH3NO/c1-18-26(36-19(2)31-18)22-8-9-25(29)24(14-22)27-32-28-30-15-23(17-35(28)33-27)21-10-12-34(13-11-21)16-20-6-4-3-5-7-20;2-1-3/h3-10,14-15,17H,11-13,16H2,1-2H3;1H,(H2,2,3). The molecule has 1 aliphatic heterocycles. The topological polar surface area (TPSA) is 115 Å². The first kappa shape index (κ1) is 25.9. The van der Waals surface area contributed by atoms with Crippen molar-refractivity contribution in [2.24, 2.45) is 5.73 Å². The number of carbonyl (C=O) groups excluding carboxylic acids is 1. The van der Waals surface area contributed by atoms with Gasteiger partial charge in [-0.25, -0.2) is 18.9 Å². The van der Waals surface area contributed by atoms with E-state index in [0.717, 1.165) is 42.9 Å². The van der Waals surface area contributed by atoms with E-state index in [1.165, 1.54) is 17.2 Å². The van der Waals surface area contributed by atoms with E-state index in [-0.39, 0.29) is 12.2 Å². The second-order valence-corrected chi connectivity index (χ2v) is 9.20. The summed E-state index contributed by atoms with van der Waals surface area (Å²) in [7, 11) is 0. The highest BCUT2D eigenvalue weighted by Crippen LogP contribution is 2.30. The van der Waals surface area contributed by atoms with Gasteiger partial charge in [-0.3, -0.25) is 9.69 Å². The molecule has 0 radical (unpaired) electrons. The summed E-state index contributed by atoms with van der Waals surface area (Å²) in [6.45, 7) is 6.44. The van der Waals surface area contributed by atoms with Crippen LogP contribution in [0.4, 0.5) is 4.39 Å². The highest BCUT2D eigenvalue weighted by atomic mass is 19.1. The fourth-order valence-corrected chi connectivity index (χ4v) is 4.66. The van der Waals surface area contributed by atoms with E-state index in [9.17, 15) is 4.39 Å². The number of fused-ring (bicyclic) bond motifs is 1. The molecule has 0 unspecified atom stereocenters. The number of primary amides is 1. The minimum atomic E-state index is -0.405. The monoisotopic (exact) mass is 525 g/mol. The molecular formula is C29H28FN7O2. The SMILES string of the molecule is Cc1nc(C)c(-c2ccc(F)c(-c3nc4ncc(C5=CCN(Cc6ccccc6)CC5)cn4n3)c2)o1.NC=O. The lowest BCUT2D eigenvalue weighted by molar-refractivity contribution is -0.106. The molecule has 198 valence electrons. The Labute approximate surface area is 224 Å². The van der Waals surface area contributed by atoms with Gasteiger partial charge in [-0.05, 0) is 42.7 Å². The quantitative estimate of drug-likeness (QED) is 0.334. The minimum absolute atomic E-state index is 0.250. The van der Waals surface area contributed by atoms with E-state index in [1.807, 2.05) is 25.4 Å². The molecule has 1 amide bonds. The number of nitrogens with two attached hydrogens (primary N) is 1. The molecule has 0 aliphatic carbocycles. The zero-order chi connectivity index (χ0) is 27.4. The number of oxazole rings is 1. The fraction of sp³-hybridized carbons (Fsp3) is 0.207. The summed E-state index contributed by atoms with van der Waals surface area (Å²) < 4.78 is 22.1. The number of rotatable bonds is 5. The molecule has 10 heteroatoms. The van der Waals surface area contributed by atoms with Crippen molar-refractivity contribution in [2.45, 2.75) is 26.8 Å². The van der Waals surface area contributed by atoms with Crippen LogP contribution < -0.4 is 5.73 Å². The van der Waals surface area contributed by atoms with Crippen molar-refractivity contribution in [1.29, 1.82) is 0 Å². The summed E-state index contributed by atoms with van der Waals surface area (Å²) in [5.41, 5.74) is 9.49. The van der Waals surface area contributed by atoms with Crippen LogP contribution in [0.25, 0.3) is 34.1 Å². The lowest BCUT2D eigenvalue weighted by Crippen LogP contribution is -2.28. The summed E-state index contributed by atoms with van der Waals surface area (Å²) in [6, 6.07) is 15.3. The Hall–Kier alpha value is -4.70.